The van der Waals surface area contributed by atoms with Gasteiger partial charge in [0.25, 0.3) is 0 Å². The molecule has 0 saturated heterocycles. The summed E-state index contributed by atoms with van der Waals surface area (Å²) in [5.41, 5.74) is 0. The van der Waals surface area contributed by atoms with E-state index in [4.69, 9.17) is 9.84 Å². The van der Waals surface area contributed by atoms with Gasteiger partial charge in [-0.05, 0) is 45.6 Å². The zero-order chi connectivity index (χ0) is 14.1. The van der Waals surface area contributed by atoms with Crippen LogP contribution in [0.2, 0.25) is 0 Å². The molecule has 0 heterocycles. The fourth-order valence-electron chi connectivity index (χ4n) is 2.59. The summed E-state index contributed by atoms with van der Waals surface area (Å²) in [6.07, 6.45) is 4.29. The lowest BCUT2D eigenvalue weighted by atomic mass is 9.86. The smallest absolute Gasteiger partial charge is 0.234 e. The number of nitrogens with zero attached hydrogens (tertiary/aromatic N) is 1. The predicted molar refractivity (Wildman–Crippen MR) is 75.0 cm³/mol. The third-order valence-corrected chi connectivity index (χ3v) is 3.86. The number of rotatable bonds is 8. The molecule has 0 bridgehead atoms. The molecule has 1 aliphatic carbocycles. The van der Waals surface area contributed by atoms with Gasteiger partial charge in [-0.1, -0.05) is 0 Å². The Morgan fingerprint density at radius 2 is 2.05 bits per heavy atom. The molecule has 2 N–H and O–H groups in total. The summed E-state index contributed by atoms with van der Waals surface area (Å²) in [7, 11) is 2.01. The van der Waals surface area contributed by atoms with Gasteiger partial charge in [-0.2, -0.15) is 0 Å². The van der Waals surface area contributed by atoms with Crippen molar-refractivity contribution in [3.05, 3.63) is 0 Å². The molecule has 1 aliphatic rings. The highest BCUT2D eigenvalue weighted by molar-refractivity contribution is 5.77. The highest BCUT2D eigenvalue weighted by Crippen LogP contribution is 2.26. The van der Waals surface area contributed by atoms with Gasteiger partial charge in [-0.25, -0.2) is 0 Å². The SMILES string of the molecule is CCOCCNC(=O)CN(C)C1CCC(CO)CC1. The Kier molecular flexibility index (Phi) is 8.02. The minimum absolute atomic E-state index is 0.0616. The van der Waals surface area contributed by atoms with Crippen molar-refractivity contribution in [3.63, 3.8) is 0 Å². The number of nitrogens with one attached hydrogen (secondary N) is 1. The van der Waals surface area contributed by atoms with Crippen LogP contribution >= 0.6 is 0 Å². The quantitative estimate of drug-likeness (QED) is 0.636. The van der Waals surface area contributed by atoms with E-state index in [0.29, 0.717) is 44.9 Å². The third kappa shape index (κ3) is 6.36. The van der Waals surface area contributed by atoms with Crippen molar-refractivity contribution in [1.29, 1.82) is 0 Å². The van der Waals surface area contributed by atoms with Crippen molar-refractivity contribution >= 4 is 5.91 Å². The fraction of sp³-hybridized carbons (Fsp3) is 0.929. The number of carbonyl (C=O) groups excluding carboxylic acids is 1. The van der Waals surface area contributed by atoms with Gasteiger partial charge in [0.1, 0.15) is 0 Å². The van der Waals surface area contributed by atoms with Crippen molar-refractivity contribution in [2.75, 3.05) is 40.0 Å². The topological polar surface area (TPSA) is 61.8 Å². The van der Waals surface area contributed by atoms with Crippen LogP contribution in [0.5, 0.6) is 0 Å². The van der Waals surface area contributed by atoms with Crippen LogP contribution in [0.25, 0.3) is 0 Å². The van der Waals surface area contributed by atoms with E-state index in [1.54, 1.807) is 0 Å². The van der Waals surface area contributed by atoms with E-state index in [1.807, 2.05) is 14.0 Å². The molecule has 0 radical (unpaired) electrons. The van der Waals surface area contributed by atoms with E-state index >= 15 is 0 Å². The maximum atomic E-state index is 11.7. The Bertz CT molecular complexity index is 253. The summed E-state index contributed by atoms with van der Waals surface area (Å²) >= 11 is 0. The molecule has 1 fully saturated rings. The van der Waals surface area contributed by atoms with Gasteiger partial charge < -0.3 is 15.2 Å². The fourth-order valence-corrected chi connectivity index (χ4v) is 2.59. The Labute approximate surface area is 116 Å². The summed E-state index contributed by atoms with van der Waals surface area (Å²) in [6.45, 7) is 4.53. The van der Waals surface area contributed by atoms with Crippen LogP contribution in [0.15, 0.2) is 0 Å². The number of hydrogen-bond donors (Lipinski definition) is 2. The molecule has 0 aliphatic heterocycles. The van der Waals surface area contributed by atoms with Gasteiger partial charge in [0.15, 0.2) is 0 Å². The van der Waals surface area contributed by atoms with Crippen LogP contribution in [0.3, 0.4) is 0 Å². The Morgan fingerprint density at radius 3 is 2.63 bits per heavy atom. The van der Waals surface area contributed by atoms with Gasteiger partial charge in [-0.3, -0.25) is 9.69 Å². The van der Waals surface area contributed by atoms with Crippen LogP contribution in [-0.4, -0.2) is 61.9 Å². The van der Waals surface area contributed by atoms with Crippen LogP contribution in [0.4, 0.5) is 0 Å². The lowest BCUT2D eigenvalue weighted by Crippen LogP contribution is -2.43. The maximum absolute atomic E-state index is 11.7. The Hall–Kier alpha value is -0.650. The van der Waals surface area contributed by atoms with E-state index in [2.05, 4.69) is 10.2 Å². The zero-order valence-electron chi connectivity index (χ0n) is 12.2. The van der Waals surface area contributed by atoms with Gasteiger partial charge in [0.05, 0.1) is 13.2 Å². The molecule has 0 atom stereocenters. The largest absolute Gasteiger partial charge is 0.396 e. The normalized spacial score (nSPS) is 23.6. The molecule has 0 aromatic carbocycles. The molecule has 1 rings (SSSR count). The minimum atomic E-state index is 0.0616. The molecule has 19 heavy (non-hydrogen) atoms. The summed E-state index contributed by atoms with van der Waals surface area (Å²) in [5.74, 6) is 0.524. The molecular weight excluding hydrogens is 244 g/mol. The molecule has 1 saturated carbocycles. The molecule has 0 spiro atoms. The first-order valence-corrected chi connectivity index (χ1v) is 7.32. The number of hydrogen-bond acceptors (Lipinski definition) is 4. The predicted octanol–water partition coefficient (Wildman–Crippen LogP) is 0.622. The number of likely N-dealkylation sites (N-methyl/N-ethyl adjacent to an activating group) is 1. The summed E-state index contributed by atoms with van der Waals surface area (Å²) in [5, 5.41) is 12.0. The van der Waals surface area contributed by atoms with Crippen LogP contribution in [-0.2, 0) is 9.53 Å². The number of aliphatic hydroxyl groups is 1. The second kappa shape index (κ2) is 9.28. The molecular formula is C14H28N2O3. The second-order valence-electron chi connectivity index (χ2n) is 5.32. The van der Waals surface area contributed by atoms with Crippen molar-refractivity contribution in [1.82, 2.24) is 10.2 Å². The molecule has 5 nitrogen and oxygen atoms in total. The lowest BCUT2D eigenvalue weighted by Gasteiger charge is -2.33. The molecule has 5 heteroatoms. The van der Waals surface area contributed by atoms with E-state index in [0.717, 1.165) is 25.7 Å². The van der Waals surface area contributed by atoms with Crippen molar-refractivity contribution in [2.45, 2.75) is 38.6 Å². The second-order valence-corrected chi connectivity index (χ2v) is 5.32. The lowest BCUT2D eigenvalue weighted by molar-refractivity contribution is -0.122. The first-order valence-electron chi connectivity index (χ1n) is 7.32. The van der Waals surface area contributed by atoms with Crippen LogP contribution < -0.4 is 5.32 Å². The first kappa shape index (κ1) is 16.4. The average molecular weight is 272 g/mol. The van der Waals surface area contributed by atoms with Crippen molar-refractivity contribution in [3.8, 4) is 0 Å². The zero-order valence-corrected chi connectivity index (χ0v) is 12.2. The highest BCUT2D eigenvalue weighted by Gasteiger charge is 2.24. The third-order valence-electron chi connectivity index (χ3n) is 3.86. The van der Waals surface area contributed by atoms with Crippen LogP contribution in [0, 0.1) is 5.92 Å². The standard InChI is InChI=1S/C14H28N2O3/c1-3-19-9-8-15-14(18)10-16(2)13-6-4-12(11-17)5-7-13/h12-13,17H,3-11H2,1-2H3,(H,15,18). The van der Waals surface area contributed by atoms with Crippen molar-refractivity contribution < 1.29 is 14.6 Å². The van der Waals surface area contributed by atoms with E-state index in [1.165, 1.54) is 0 Å². The van der Waals surface area contributed by atoms with Gasteiger partial charge in [0, 0.05) is 25.8 Å². The Morgan fingerprint density at radius 1 is 1.37 bits per heavy atom. The van der Waals surface area contributed by atoms with Gasteiger partial charge in [0.2, 0.25) is 5.91 Å². The van der Waals surface area contributed by atoms with E-state index < -0.39 is 0 Å². The van der Waals surface area contributed by atoms with Crippen LogP contribution in [0.1, 0.15) is 32.6 Å². The molecule has 0 aromatic heterocycles. The molecule has 0 aromatic rings. The molecule has 0 unspecified atom stereocenters. The number of amides is 1. The first-order chi connectivity index (χ1) is 9.17. The maximum Gasteiger partial charge on any atom is 0.234 e. The average Bonchev–Trinajstić information content (AvgIpc) is 2.43. The summed E-state index contributed by atoms with van der Waals surface area (Å²) in [4.78, 5) is 13.9. The number of ether oxygens (including phenoxy) is 1. The minimum Gasteiger partial charge on any atom is -0.396 e. The van der Waals surface area contributed by atoms with Gasteiger partial charge >= 0.3 is 0 Å². The monoisotopic (exact) mass is 272 g/mol. The Balaban J connectivity index is 2.16. The molecule has 1 amide bonds. The van der Waals surface area contributed by atoms with E-state index in [-0.39, 0.29) is 5.91 Å². The van der Waals surface area contributed by atoms with Crippen molar-refractivity contribution in [2.24, 2.45) is 5.92 Å². The number of carbonyl (C=O) groups is 1. The highest BCUT2D eigenvalue weighted by atomic mass is 16.5. The van der Waals surface area contributed by atoms with Gasteiger partial charge in [-0.15, -0.1) is 0 Å². The van der Waals surface area contributed by atoms with E-state index in [9.17, 15) is 4.79 Å². The number of aliphatic hydroxyl groups excluding tert-OH is 1. The molecule has 112 valence electrons. The summed E-state index contributed by atoms with van der Waals surface area (Å²) < 4.78 is 5.18. The summed E-state index contributed by atoms with van der Waals surface area (Å²) in [6, 6.07) is 0.473.